The molecule has 0 amide bonds. The van der Waals surface area contributed by atoms with E-state index in [0.717, 1.165) is 42.2 Å². The lowest BCUT2D eigenvalue weighted by Crippen LogP contribution is -2.22. The topological polar surface area (TPSA) is 77.0 Å². The zero-order chi connectivity index (χ0) is 16.1. The molecule has 1 fully saturated rings. The number of para-hydroxylation sites is 2. The van der Waals surface area contributed by atoms with E-state index in [-0.39, 0.29) is 0 Å². The number of nitrogens with zero attached hydrogens (tertiary/aromatic N) is 8. The molecule has 0 spiro atoms. The molecule has 0 bridgehead atoms. The fourth-order valence-corrected chi connectivity index (χ4v) is 3.54. The number of hydrogen-bond acceptors (Lipinski definition) is 6. The Kier molecular flexibility index (Phi) is 2.79. The molecule has 1 aliphatic rings. The van der Waals surface area contributed by atoms with Crippen LogP contribution in [0, 0.1) is 0 Å². The molecule has 5 rings (SSSR count). The Labute approximate surface area is 137 Å². The van der Waals surface area contributed by atoms with Crippen molar-refractivity contribution in [2.24, 2.45) is 7.05 Å². The maximum absolute atomic E-state index is 4.83. The normalized spacial score (nSPS) is 18.0. The first-order valence-electron chi connectivity index (χ1n) is 8.00. The summed E-state index contributed by atoms with van der Waals surface area (Å²) in [6.07, 6.45) is 4.90. The predicted molar refractivity (Wildman–Crippen MR) is 88.9 cm³/mol. The van der Waals surface area contributed by atoms with Gasteiger partial charge in [-0.2, -0.15) is 4.52 Å². The summed E-state index contributed by atoms with van der Waals surface area (Å²) in [4.78, 5) is 11.6. The molecule has 1 aliphatic heterocycles. The smallest absolute Gasteiger partial charge is 0.222 e. The highest BCUT2D eigenvalue weighted by atomic mass is 15.5. The van der Waals surface area contributed by atoms with Gasteiger partial charge < -0.3 is 9.47 Å². The fraction of sp³-hybridized carbons (Fsp3) is 0.312. The van der Waals surface area contributed by atoms with Crippen LogP contribution in [0.15, 0.2) is 36.7 Å². The van der Waals surface area contributed by atoms with Crippen LogP contribution in [0.5, 0.6) is 0 Å². The van der Waals surface area contributed by atoms with Crippen molar-refractivity contribution in [2.45, 2.75) is 12.3 Å². The van der Waals surface area contributed by atoms with Crippen molar-refractivity contribution in [3.8, 4) is 0 Å². The van der Waals surface area contributed by atoms with Crippen LogP contribution in [0.3, 0.4) is 0 Å². The number of benzene rings is 1. The maximum atomic E-state index is 4.83. The van der Waals surface area contributed by atoms with Crippen LogP contribution in [0.1, 0.15) is 18.2 Å². The van der Waals surface area contributed by atoms with E-state index < -0.39 is 0 Å². The maximum Gasteiger partial charge on any atom is 0.222 e. The number of tetrazole rings is 1. The molecule has 120 valence electrons. The summed E-state index contributed by atoms with van der Waals surface area (Å²) >= 11 is 0. The SMILES string of the molecule is Cn1ccnc1C1CCN(c2nc3ccccc3n3nnnc23)C1. The number of rotatable bonds is 2. The van der Waals surface area contributed by atoms with E-state index in [2.05, 4.69) is 30.0 Å². The van der Waals surface area contributed by atoms with E-state index in [1.54, 1.807) is 4.52 Å². The highest BCUT2D eigenvalue weighted by Gasteiger charge is 2.29. The Morgan fingerprint density at radius 1 is 1.21 bits per heavy atom. The lowest BCUT2D eigenvalue weighted by Gasteiger charge is -2.18. The Morgan fingerprint density at radius 2 is 2.12 bits per heavy atom. The predicted octanol–water partition coefficient (Wildman–Crippen LogP) is 1.40. The average molecular weight is 320 g/mol. The van der Waals surface area contributed by atoms with Crippen LogP contribution in [0.2, 0.25) is 0 Å². The molecule has 3 aromatic heterocycles. The van der Waals surface area contributed by atoms with Crippen molar-refractivity contribution in [3.63, 3.8) is 0 Å². The van der Waals surface area contributed by atoms with Crippen molar-refractivity contribution in [1.29, 1.82) is 0 Å². The molecule has 4 heterocycles. The minimum atomic E-state index is 0.397. The van der Waals surface area contributed by atoms with E-state index in [9.17, 15) is 0 Å². The third-order valence-electron chi connectivity index (χ3n) is 4.72. The van der Waals surface area contributed by atoms with Gasteiger partial charge in [0.2, 0.25) is 5.65 Å². The molecule has 8 nitrogen and oxygen atoms in total. The highest BCUT2D eigenvalue weighted by molar-refractivity contribution is 5.82. The molecule has 24 heavy (non-hydrogen) atoms. The minimum Gasteiger partial charge on any atom is -0.353 e. The van der Waals surface area contributed by atoms with Gasteiger partial charge in [-0.15, -0.1) is 5.10 Å². The van der Waals surface area contributed by atoms with Crippen LogP contribution in [-0.2, 0) is 7.05 Å². The van der Waals surface area contributed by atoms with Crippen LogP contribution >= 0.6 is 0 Å². The van der Waals surface area contributed by atoms with Gasteiger partial charge in [0.1, 0.15) is 5.82 Å². The van der Waals surface area contributed by atoms with E-state index in [1.165, 1.54) is 0 Å². The number of hydrogen-bond donors (Lipinski definition) is 0. The molecule has 8 heteroatoms. The second-order valence-electron chi connectivity index (χ2n) is 6.17. The summed E-state index contributed by atoms with van der Waals surface area (Å²) in [6, 6.07) is 7.93. The van der Waals surface area contributed by atoms with Crippen molar-refractivity contribution in [1.82, 2.24) is 34.6 Å². The van der Waals surface area contributed by atoms with Gasteiger partial charge in [-0.25, -0.2) is 9.97 Å². The lowest BCUT2D eigenvalue weighted by molar-refractivity contribution is 0.665. The molecule has 1 unspecified atom stereocenters. The number of aromatic nitrogens is 7. The van der Waals surface area contributed by atoms with Crippen molar-refractivity contribution >= 4 is 22.5 Å². The summed E-state index contributed by atoms with van der Waals surface area (Å²) in [5, 5.41) is 12.2. The molecule has 0 N–H and O–H groups in total. The van der Waals surface area contributed by atoms with Gasteiger partial charge >= 0.3 is 0 Å². The van der Waals surface area contributed by atoms with Gasteiger partial charge in [0.15, 0.2) is 5.82 Å². The van der Waals surface area contributed by atoms with Crippen LogP contribution in [-0.4, -0.2) is 47.7 Å². The van der Waals surface area contributed by atoms with Gasteiger partial charge in [0, 0.05) is 38.4 Å². The summed E-state index contributed by atoms with van der Waals surface area (Å²) in [6.45, 7) is 1.80. The highest BCUT2D eigenvalue weighted by Crippen LogP contribution is 2.31. The molecule has 0 radical (unpaired) electrons. The number of aryl methyl sites for hydroxylation is 1. The number of fused-ring (bicyclic) bond motifs is 3. The molecular formula is C16H16N8. The lowest BCUT2D eigenvalue weighted by atomic mass is 10.1. The Balaban J connectivity index is 1.59. The Morgan fingerprint density at radius 3 is 3.00 bits per heavy atom. The zero-order valence-electron chi connectivity index (χ0n) is 13.2. The third kappa shape index (κ3) is 1.89. The molecule has 1 atom stereocenters. The van der Waals surface area contributed by atoms with Crippen molar-refractivity contribution < 1.29 is 0 Å². The van der Waals surface area contributed by atoms with Crippen LogP contribution < -0.4 is 4.90 Å². The summed E-state index contributed by atoms with van der Waals surface area (Å²) in [5.41, 5.74) is 2.52. The Hall–Kier alpha value is -3.03. The number of imidazole rings is 1. The van der Waals surface area contributed by atoms with E-state index in [4.69, 9.17) is 4.98 Å². The molecular weight excluding hydrogens is 304 g/mol. The zero-order valence-corrected chi connectivity index (χ0v) is 13.2. The monoisotopic (exact) mass is 320 g/mol. The Bertz CT molecular complexity index is 1030. The summed E-state index contributed by atoms with van der Waals surface area (Å²) in [5.74, 6) is 2.36. The standard InChI is InChI=1S/C16H16N8/c1-22-9-7-17-14(22)11-6-8-23(10-11)15-16-19-20-21-24(16)13-5-3-2-4-12(13)18-15/h2-5,7,9,11H,6,8,10H2,1H3. The second kappa shape index (κ2) is 4.98. The van der Waals surface area contributed by atoms with Crippen LogP contribution in [0.25, 0.3) is 16.7 Å². The number of anilines is 1. The molecule has 4 aromatic rings. The first kappa shape index (κ1) is 13.4. The van der Waals surface area contributed by atoms with Crippen LogP contribution in [0.4, 0.5) is 5.82 Å². The fourth-order valence-electron chi connectivity index (χ4n) is 3.54. The van der Waals surface area contributed by atoms with Gasteiger partial charge in [-0.1, -0.05) is 12.1 Å². The molecule has 0 saturated carbocycles. The molecule has 0 aliphatic carbocycles. The first-order chi connectivity index (χ1) is 11.8. The molecule has 1 saturated heterocycles. The van der Waals surface area contributed by atoms with E-state index >= 15 is 0 Å². The van der Waals surface area contributed by atoms with E-state index in [0.29, 0.717) is 11.6 Å². The minimum absolute atomic E-state index is 0.397. The van der Waals surface area contributed by atoms with Gasteiger partial charge in [-0.05, 0) is 29.0 Å². The van der Waals surface area contributed by atoms with Gasteiger partial charge in [-0.3, -0.25) is 0 Å². The quantitative estimate of drug-likeness (QED) is 0.555. The van der Waals surface area contributed by atoms with Gasteiger partial charge in [0.25, 0.3) is 0 Å². The van der Waals surface area contributed by atoms with E-state index in [1.807, 2.05) is 43.7 Å². The van der Waals surface area contributed by atoms with Crippen molar-refractivity contribution in [3.05, 3.63) is 42.5 Å². The van der Waals surface area contributed by atoms with Gasteiger partial charge in [0.05, 0.1) is 11.0 Å². The average Bonchev–Trinajstić information content (AvgIpc) is 3.34. The summed E-state index contributed by atoms with van der Waals surface area (Å²) < 4.78 is 3.86. The largest absolute Gasteiger partial charge is 0.353 e. The van der Waals surface area contributed by atoms with Crippen molar-refractivity contribution in [2.75, 3.05) is 18.0 Å². The summed E-state index contributed by atoms with van der Waals surface area (Å²) in [7, 11) is 2.04. The molecule has 1 aromatic carbocycles. The third-order valence-corrected chi connectivity index (χ3v) is 4.72. The second-order valence-corrected chi connectivity index (χ2v) is 6.17. The first-order valence-corrected chi connectivity index (χ1v) is 8.00.